The van der Waals surface area contributed by atoms with Crippen LogP contribution < -0.4 is 0 Å². The second-order valence-electron chi connectivity index (χ2n) is 14.4. The number of benzene rings is 9. The smallest absolute Gasteiger partial charge is 0.160 e. The monoisotopic (exact) mass is 711 g/mol. The average molecular weight is 712 g/mol. The fourth-order valence-electron chi connectivity index (χ4n) is 8.41. The van der Waals surface area contributed by atoms with E-state index in [1.54, 1.807) is 6.20 Å². The molecule has 9 aromatic carbocycles. The van der Waals surface area contributed by atoms with Crippen molar-refractivity contribution in [1.29, 1.82) is 0 Å². The number of hydrogen-bond acceptors (Lipinski definition) is 3. The molecule has 0 unspecified atom stereocenters. The Kier molecular flexibility index (Phi) is 7.49. The van der Waals surface area contributed by atoms with Crippen LogP contribution in [0.25, 0.3) is 110 Å². The maximum atomic E-state index is 5.40. The van der Waals surface area contributed by atoms with Gasteiger partial charge >= 0.3 is 0 Å². The highest BCUT2D eigenvalue weighted by molar-refractivity contribution is 6.33. The van der Waals surface area contributed by atoms with Gasteiger partial charge in [-0.25, -0.2) is 9.97 Å². The SMILES string of the molecule is c1cncc(-c2cccc(-c3nc(-c4ccc(-c5ccc6ccccc6c5)cc4)cc(-c4cc5c6ccccc6c6ccccc6c5c5ccccc45)n3)c2)c1. The number of aromatic nitrogens is 3. The van der Waals surface area contributed by atoms with Gasteiger partial charge in [-0.15, -0.1) is 0 Å². The van der Waals surface area contributed by atoms with Crippen LogP contribution in [0.1, 0.15) is 0 Å². The zero-order valence-electron chi connectivity index (χ0n) is 30.4. The predicted molar refractivity (Wildman–Crippen MR) is 235 cm³/mol. The van der Waals surface area contributed by atoms with Crippen LogP contribution in [0.3, 0.4) is 0 Å². The van der Waals surface area contributed by atoms with Crippen molar-refractivity contribution in [2.45, 2.75) is 0 Å². The van der Waals surface area contributed by atoms with E-state index in [1.165, 1.54) is 54.0 Å². The van der Waals surface area contributed by atoms with Crippen LogP contribution in [-0.4, -0.2) is 15.0 Å². The number of fused-ring (bicyclic) bond motifs is 9. The van der Waals surface area contributed by atoms with Gasteiger partial charge in [0.2, 0.25) is 0 Å². The van der Waals surface area contributed by atoms with Crippen LogP contribution in [0, 0.1) is 0 Å². The fraction of sp³-hybridized carbons (Fsp3) is 0. The van der Waals surface area contributed by atoms with Gasteiger partial charge in [0.25, 0.3) is 0 Å². The van der Waals surface area contributed by atoms with E-state index in [1.807, 2.05) is 12.3 Å². The van der Waals surface area contributed by atoms with Crippen molar-refractivity contribution in [3.63, 3.8) is 0 Å². The zero-order chi connectivity index (χ0) is 37.0. The number of pyridine rings is 1. The molecule has 0 aliphatic heterocycles. The normalized spacial score (nSPS) is 11.6. The molecule has 11 rings (SSSR count). The molecule has 0 N–H and O–H groups in total. The van der Waals surface area contributed by atoms with E-state index in [-0.39, 0.29) is 0 Å². The van der Waals surface area contributed by atoms with Crippen LogP contribution in [0.4, 0.5) is 0 Å². The lowest BCUT2D eigenvalue weighted by Gasteiger charge is -2.17. The van der Waals surface area contributed by atoms with Crippen molar-refractivity contribution in [3.05, 3.63) is 200 Å². The first kappa shape index (κ1) is 32.0. The summed E-state index contributed by atoms with van der Waals surface area (Å²) in [5.41, 5.74) is 9.28. The third kappa shape index (κ3) is 5.40. The van der Waals surface area contributed by atoms with Gasteiger partial charge in [0.1, 0.15) is 0 Å². The Balaban J connectivity index is 1.14. The van der Waals surface area contributed by atoms with Gasteiger partial charge in [-0.1, -0.05) is 158 Å². The summed E-state index contributed by atoms with van der Waals surface area (Å²) in [6, 6.07) is 67.3. The Morgan fingerprint density at radius 2 is 0.875 bits per heavy atom. The summed E-state index contributed by atoms with van der Waals surface area (Å²) >= 11 is 0. The Morgan fingerprint density at radius 1 is 0.304 bits per heavy atom. The fourth-order valence-corrected chi connectivity index (χ4v) is 8.41. The molecule has 2 aromatic heterocycles. The second kappa shape index (κ2) is 13.1. The Morgan fingerprint density at radius 3 is 1.64 bits per heavy atom. The van der Waals surface area contributed by atoms with Crippen molar-refractivity contribution in [2.75, 3.05) is 0 Å². The van der Waals surface area contributed by atoms with Crippen molar-refractivity contribution in [1.82, 2.24) is 15.0 Å². The Bertz CT molecular complexity index is 3300. The van der Waals surface area contributed by atoms with E-state index in [2.05, 4.69) is 187 Å². The first-order valence-corrected chi connectivity index (χ1v) is 19.0. The lowest BCUT2D eigenvalue weighted by Crippen LogP contribution is -1.97. The van der Waals surface area contributed by atoms with Crippen LogP contribution in [0.15, 0.2) is 200 Å². The molecular weight excluding hydrogens is 679 g/mol. The first-order chi connectivity index (χ1) is 27.7. The third-order valence-electron chi connectivity index (χ3n) is 11.1. The summed E-state index contributed by atoms with van der Waals surface area (Å²) in [6.45, 7) is 0. The summed E-state index contributed by atoms with van der Waals surface area (Å²) in [7, 11) is 0. The van der Waals surface area contributed by atoms with Gasteiger partial charge in [0.05, 0.1) is 11.4 Å². The van der Waals surface area contributed by atoms with Crippen LogP contribution in [-0.2, 0) is 0 Å². The molecule has 0 bridgehead atoms. The molecule has 0 atom stereocenters. The minimum Gasteiger partial charge on any atom is -0.264 e. The topological polar surface area (TPSA) is 38.7 Å². The van der Waals surface area contributed by atoms with Crippen molar-refractivity contribution in [2.24, 2.45) is 0 Å². The molecule has 0 aliphatic carbocycles. The summed E-state index contributed by atoms with van der Waals surface area (Å²) in [5, 5.41) is 12.3. The highest BCUT2D eigenvalue weighted by atomic mass is 14.9. The summed E-state index contributed by atoms with van der Waals surface area (Å²) < 4.78 is 0. The predicted octanol–water partition coefficient (Wildman–Crippen LogP) is 14.0. The van der Waals surface area contributed by atoms with E-state index < -0.39 is 0 Å². The highest BCUT2D eigenvalue weighted by Crippen LogP contribution is 2.43. The van der Waals surface area contributed by atoms with E-state index in [9.17, 15) is 0 Å². The van der Waals surface area contributed by atoms with Gasteiger partial charge in [-0.05, 0) is 101 Å². The standard InChI is InChI=1S/C53H33N3/c1-2-12-37-29-39(27-24-34(37)11-1)35-22-25-36(26-23-35)50-32-51(56-53(55-50)40-14-9-13-38(30-40)41-15-10-28-54-33-41)48-31-49-44-18-4-3-16-42(44)43-17-5-7-20-46(43)52(49)47-21-8-6-19-45(47)48/h1-33H. The van der Waals surface area contributed by atoms with E-state index in [0.717, 1.165) is 50.2 Å². The number of hydrogen-bond donors (Lipinski definition) is 0. The van der Waals surface area contributed by atoms with Gasteiger partial charge in [0, 0.05) is 34.6 Å². The molecule has 0 fully saturated rings. The quantitative estimate of drug-likeness (QED) is 0.167. The zero-order valence-corrected chi connectivity index (χ0v) is 30.4. The van der Waals surface area contributed by atoms with Crippen molar-refractivity contribution < 1.29 is 0 Å². The van der Waals surface area contributed by atoms with Gasteiger partial charge in [-0.3, -0.25) is 4.98 Å². The Hall–Kier alpha value is -7.49. The first-order valence-electron chi connectivity index (χ1n) is 19.0. The maximum Gasteiger partial charge on any atom is 0.160 e. The summed E-state index contributed by atoms with van der Waals surface area (Å²) in [4.78, 5) is 15.1. The number of nitrogens with zero attached hydrogens (tertiary/aromatic N) is 3. The minimum absolute atomic E-state index is 0.675. The molecule has 0 radical (unpaired) electrons. The molecule has 0 saturated heterocycles. The number of rotatable bonds is 5. The van der Waals surface area contributed by atoms with Crippen LogP contribution in [0.2, 0.25) is 0 Å². The highest BCUT2D eigenvalue weighted by Gasteiger charge is 2.18. The molecule has 56 heavy (non-hydrogen) atoms. The van der Waals surface area contributed by atoms with Crippen molar-refractivity contribution >= 4 is 53.9 Å². The van der Waals surface area contributed by atoms with Crippen LogP contribution >= 0.6 is 0 Å². The molecule has 3 nitrogen and oxygen atoms in total. The molecule has 0 saturated carbocycles. The largest absolute Gasteiger partial charge is 0.264 e. The Labute approximate surface area is 324 Å². The molecule has 0 amide bonds. The molecule has 3 heteroatoms. The van der Waals surface area contributed by atoms with Gasteiger partial charge in [0.15, 0.2) is 5.82 Å². The molecule has 0 spiro atoms. The van der Waals surface area contributed by atoms with Crippen LogP contribution in [0.5, 0.6) is 0 Å². The summed E-state index contributed by atoms with van der Waals surface area (Å²) in [6.07, 6.45) is 3.70. The molecule has 0 aliphatic rings. The van der Waals surface area contributed by atoms with E-state index in [0.29, 0.717) is 5.82 Å². The van der Waals surface area contributed by atoms with Gasteiger partial charge in [-0.2, -0.15) is 0 Å². The second-order valence-corrected chi connectivity index (χ2v) is 14.4. The minimum atomic E-state index is 0.675. The third-order valence-corrected chi connectivity index (χ3v) is 11.1. The van der Waals surface area contributed by atoms with E-state index in [4.69, 9.17) is 9.97 Å². The lowest BCUT2D eigenvalue weighted by atomic mass is 9.88. The molecule has 2 heterocycles. The van der Waals surface area contributed by atoms with Crippen molar-refractivity contribution in [3.8, 4) is 56.2 Å². The van der Waals surface area contributed by atoms with Gasteiger partial charge < -0.3 is 0 Å². The lowest BCUT2D eigenvalue weighted by molar-refractivity contribution is 1.19. The molecular formula is C53H33N3. The summed E-state index contributed by atoms with van der Waals surface area (Å²) in [5.74, 6) is 0.675. The van der Waals surface area contributed by atoms with E-state index >= 15 is 0 Å². The molecule has 11 aromatic rings. The molecule has 260 valence electrons. The average Bonchev–Trinajstić information content (AvgIpc) is 3.28. The maximum absolute atomic E-state index is 5.40.